The SMILES string of the molecule is COC(=O)c1cc2c([nH]1)C(=Cc1ccccc1)CC2. The monoisotopic (exact) mass is 253 g/mol. The van der Waals surface area contributed by atoms with Gasteiger partial charge in [0.05, 0.1) is 7.11 Å². The number of hydrogen-bond acceptors (Lipinski definition) is 2. The number of esters is 1. The number of nitrogens with one attached hydrogen (secondary N) is 1. The average molecular weight is 253 g/mol. The zero-order chi connectivity index (χ0) is 13.2. The lowest BCUT2D eigenvalue weighted by molar-refractivity contribution is 0.0594. The first-order valence-corrected chi connectivity index (χ1v) is 6.34. The Balaban J connectivity index is 1.96. The van der Waals surface area contributed by atoms with Crippen molar-refractivity contribution in [1.82, 2.24) is 4.98 Å². The van der Waals surface area contributed by atoms with Crippen LogP contribution >= 0.6 is 0 Å². The number of aromatic nitrogens is 1. The van der Waals surface area contributed by atoms with Crippen LogP contribution in [0.15, 0.2) is 36.4 Å². The molecule has 0 amide bonds. The summed E-state index contributed by atoms with van der Waals surface area (Å²) in [4.78, 5) is 14.7. The fourth-order valence-electron chi connectivity index (χ4n) is 2.49. The molecule has 0 radical (unpaired) electrons. The highest BCUT2D eigenvalue weighted by atomic mass is 16.5. The van der Waals surface area contributed by atoms with Gasteiger partial charge in [-0.15, -0.1) is 0 Å². The Hall–Kier alpha value is -2.29. The van der Waals surface area contributed by atoms with E-state index in [1.807, 2.05) is 24.3 Å². The highest BCUT2D eigenvalue weighted by Crippen LogP contribution is 2.33. The van der Waals surface area contributed by atoms with Crippen molar-refractivity contribution < 1.29 is 9.53 Å². The van der Waals surface area contributed by atoms with Crippen molar-refractivity contribution in [3.63, 3.8) is 0 Å². The van der Waals surface area contributed by atoms with Crippen molar-refractivity contribution in [3.8, 4) is 0 Å². The summed E-state index contributed by atoms with van der Waals surface area (Å²) in [5, 5.41) is 0. The number of fused-ring (bicyclic) bond motifs is 1. The van der Waals surface area contributed by atoms with Crippen LogP contribution in [0.3, 0.4) is 0 Å². The van der Waals surface area contributed by atoms with Crippen molar-refractivity contribution in [2.24, 2.45) is 0 Å². The van der Waals surface area contributed by atoms with Gasteiger partial charge in [0.1, 0.15) is 5.69 Å². The van der Waals surface area contributed by atoms with E-state index in [1.54, 1.807) is 0 Å². The molecule has 1 aliphatic carbocycles. The Labute approximate surface area is 111 Å². The summed E-state index contributed by atoms with van der Waals surface area (Å²) in [7, 11) is 1.40. The maximum Gasteiger partial charge on any atom is 0.354 e. The Bertz CT molecular complexity index is 638. The lowest BCUT2D eigenvalue weighted by Crippen LogP contribution is -2.01. The Kier molecular flexibility index (Phi) is 2.95. The maximum absolute atomic E-state index is 11.5. The van der Waals surface area contributed by atoms with Gasteiger partial charge in [-0.05, 0) is 41.7 Å². The number of aryl methyl sites for hydroxylation is 1. The molecule has 0 spiro atoms. The summed E-state index contributed by atoms with van der Waals surface area (Å²) >= 11 is 0. The number of hydrogen-bond donors (Lipinski definition) is 1. The number of allylic oxidation sites excluding steroid dienone is 1. The molecule has 3 rings (SSSR count). The highest BCUT2D eigenvalue weighted by molar-refractivity contribution is 5.91. The molecule has 0 fully saturated rings. The number of ether oxygens (including phenoxy) is 1. The fraction of sp³-hybridized carbons (Fsp3) is 0.188. The van der Waals surface area contributed by atoms with Gasteiger partial charge < -0.3 is 9.72 Å². The normalized spacial score (nSPS) is 15.5. The number of aromatic amines is 1. The van der Waals surface area contributed by atoms with Gasteiger partial charge >= 0.3 is 5.97 Å². The molecule has 1 aliphatic rings. The first-order chi connectivity index (χ1) is 9.28. The molecule has 0 bridgehead atoms. The van der Waals surface area contributed by atoms with E-state index in [4.69, 9.17) is 4.74 Å². The Morgan fingerprint density at radius 2 is 2.05 bits per heavy atom. The van der Waals surface area contributed by atoms with E-state index in [0.29, 0.717) is 5.69 Å². The van der Waals surface area contributed by atoms with Gasteiger partial charge in [-0.2, -0.15) is 0 Å². The highest BCUT2D eigenvalue weighted by Gasteiger charge is 2.21. The van der Waals surface area contributed by atoms with E-state index in [2.05, 4.69) is 23.2 Å². The van der Waals surface area contributed by atoms with Crippen molar-refractivity contribution in [1.29, 1.82) is 0 Å². The summed E-state index contributed by atoms with van der Waals surface area (Å²) < 4.78 is 4.74. The van der Waals surface area contributed by atoms with Gasteiger partial charge in [-0.3, -0.25) is 0 Å². The molecule has 1 N–H and O–H groups in total. The molecule has 0 saturated carbocycles. The summed E-state index contributed by atoms with van der Waals surface area (Å²) in [6, 6.07) is 12.1. The first-order valence-electron chi connectivity index (χ1n) is 6.34. The molecular weight excluding hydrogens is 238 g/mol. The second-order valence-corrected chi connectivity index (χ2v) is 4.66. The van der Waals surface area contributed by atoms with Crippen molar-refractivity contribution >= 4 is 17.6 Å². The fourth-order valence-corrected chi connectivity index (χ4v) is 2.49. The minimum atomic E-state index is -0.312. The lowest BCUT2D eigenvalue weighted by Gasteiger charge is -2.00. The van der Waals surface area contributed by atoms with E-state index in [1.165, 1.54) is 23.8 Å². The topological polar surface area (TPSA) is 42.1 Å². The van der Waals surface area contributed by atoms with Crippen LogP contribution in [0.4, 0.5) is 0 Å². The molecule has 1 aromatic heterocycles. The second kappa shape index (κ2) is 4.76. The molecule has 0 saturated heterocycles. The molecule has 3 nitrogen and oxygen atoms in total. The third-order valence-corrected chi connectivity index (χ3v) is 3.43. The molecule has 0 unspecified atom stereocenters. The summed E-state index contributed by atoms with van der Waals surface area (Å²) in [5.74, 6) is -0.312. The van der Waals surface area contributed by atoms with E-state index in [9.17, 15) is 4.79 Å². The molecule has 1 heterocycles. The molecular formula is C16H15NO2. The number of rotatable bonds is 2. The van der Waals surface area contributed by atoms with E-state index >= 15 is 0 Å². The van der Waals surface area contributed by atoms with Crippen LogP contribution in [-0.2, 0) is 11.2 Å². The standard InChI is InChI=1S/C16H15NO2/c1-19-16(18)14-10-13-8-7-12(15(13)17-14)9-11-5-3-2-4-6-11/h2-6,9-10,17H,7-8H2,1H3. The van der Waals surface area contributed by atoms with Crippen molar-refractivity contribution in [2.75, 3.05) is 7.11 Å². The zero-order valence-electron chi connectivity index (χ0n) is 10.8. The third-order valence-electron chi connectivity index (χ3n) is 3.43. The molecule has 3 heteroatoms. The quantitative estimate of drug-likeness (QED) is 0.834. The van der Waals surface area contributed by atoms with Gasteiger partial charge in [-0.1, -0.05) is 30.3 Å². The molecule has 0 atom stereocenters. The molecule has 1 aromatic carbocycles. The van der Waals surface area contributed by atoms with Gasteiger partial charge in [0, 0.05) is 5.69 Å². The first kappa shape index (κ1) is 11.8. The van der Waals surface area contributed by atoms with Crippen LogP contribution in [0.2, 0.25) is 0 Å². The molecule has 96 valence electrons. The van der Waals surface area contributed by atoms with E-state index in [0.717, 1.165) is 18.5 Å². The van der Waals surface area contributed by atoms with E-state index < -0.39 is 0 Å². The second-order valence-electron chi connectivity index (χ2n) is 4.66. The third kappa shape index (κ3) is 2.19. The molecule has 2 aromatic rings. The molecule has 19 heavy (non-hydrogen) atoms. The minimum absolute atomic E-state index is 0.312. The molecule has 0 aliphatic heterocycles. The predicted octanol–water partition coefficient (Wildman–Crippen LogP) is 3.29. The van der Waals surface area contributed by atoms with E-state index in [-0.39, 0.29) is 5.97 Å². The van der Waals surface area contributed by atoms with Crippen LogP contribution in [0, 0.1) is 0 Å². The van der Waals surface area contributed by atoms with Crippen LogP contribution < -0.4 is 0 Å². The lowest BCUT2D eigenvalue weighted by atomic mass is 10.1. The number of methoxy groups -OCH3 is 1. The zero-order valence-corrected chi connectivity index (χ0v) is 10.8. The van der Waals surface area contributed by atoms with Gasteiger partial charge in [0.15, 0.2) is 0 Å². The van der Waals surface area contributed by atoms with Crippen molar-refractivity contribution in [2.45, 2.75) is 12.8 Å². The largest absolute Gasteiger partial charge is 0.464 e. The van der Waals surface area contributed by atoms with Crippen LogP contribution in [0.25, 0.3) is 11.6 Å². The number of carbonyl (C=O) groups excluding carboxylic acids is 1. The summed E-state index contributed by atoms with van der Waals surface area (Å²) in [6.45, 7) is 0. The minimum Gasteiger partial charge on any atom is -0.464 e. The van der Waals surface area contributed by atoms with Gasteiger partial charge in [-0.25, -0.2) is 4.79 Å². The van der Waals surface area contributed by atoms with Gasteiger partial charge in [0.2, 0.25) is 0 Å². The average Bonchev–Trinajstić information content (AvgIpc) is 3.01. The van der Waals surface area contributed by atoms with Crippen LogP contribution in [0.5, 0.6) is 0 Å². The summed E-state index contributed by atoms with van der Waals surface area (Å²) in [5.41, 5.74) is 5.23. The van der Waals surface area contributed by atoms with Crippen LogP contribution in [-0.4, -0.2) is 18.1 Å². The Morgan fingerprint density at radius 1 is 1.26 bits per heavy atom. The predicted molar refractivity (Wildman–Crippen MR) is 74.8 cm³/mol. The number of carbonyl (C=O) groups is 1. The smallest absolute Gasteiger partial charge is 0.354 e. The van der Waals surface area contributed by atoms with Crippen LogP contribution in [0.1, 0.15) is 33.7 Å². The number of benzene rings is 1. The number of H-pyrrole nitrogens is 1. The maximum atomic E-state index is 11.5. The van der Waals surface area contributed by atoms with Crippen molar-refractivity contribution in [3.05, 3.63) is 58.9 Å². The summed E-state index contributed by atoms with van der Waals surface area (Å²) in [6.07, 6.45) is 4.16. The Morgan fingerprint density at radius 3 is 2.79 bits per heavy atom. The van der Waals surface area contributed by atoms with Gasteiger partial charge in [0.25, 0.3) is 0 Å².